The predicted octanol–water partition coefficient (Wildman–Crippen LogP) is -1.91. The summed E-state index contributed by atoms with van der Waals surface area (Å²) in [6, 6.07) is -0.205. The molecule has 2 aromatic heterocycles. The minimum absolute atomic E-state index is 0.205. The van der Waals surface area contributed by atoms with Crippen LogP contribution in [0.25, 0.3) is 11.2 Å². The number of hydrogen-bond donors (Lipinski definition) is 5. The van der Waals surface area contributed by atoms with Gasteiger partial charge in [-0.2, -0.15) is 0 Å². The van der Waals surface area contributed by atoms with E-state index in [1.54, 1.807) is 0 Å². The molecule has 23 heavy (non-hydrogen) atoms. The first kappa shape index (κ1) is 16.0. The molecule has 0 bridgehead atoms. The lowest BCUT2D eigenvalue weighted by atomic mass is 10.0. The van der Waals surface area contributed by atoms with E-state index in [9.17, 15) is 10.2 Å². The van der Waals surface area contributed by atoms with Crippen molar-refractivity contribution in [1.82, 2.24) is 19.5 Å². The fraction of sp³-hybridized carbons (Fsp3) is 0.615. The number of nitrogens with zero attached hydrogens (tertiary/aromatic N) is 4. The van der Waals surface area contributed by atoms with Crippen molar-refractivity contribution >= 4 is 17.0 Å². The molecule has 1 saturated heterocycles. The van der Waals surface area contributed by atoms with Gasteiger partial charge in [-0.05, 0) is 19.4 Å². The summed E-state index contributed by atoms with van der Waals surface area (Å²) >= 11 is 0. The first-order chi connectivity index (χ1) is 11.0. The van der Waals surface area contributed by atoms with Crippen LogP contribution in [0.5, 0.6) is 0 Å². The van der Waals surface area contributed by atoms with Crippen LogP contribution in [0.4, 0.5) is 5.82 Å². The summed E-state index contributed by atoms with van der Waals surface area (Å²) in [5, 5.41) is 20.5. The van der Waals surface area contributed by atoms with E-state index in [1.807, 2.05) is 0 Å². The number of aliphatic hydroxyl groups excluding tert-OH is 2. The highest BCUT2D eigenvalue weighted by molar-refractivity contribution is 5.81. The smallest absolute Gasteiger partial charge is 0.167 e. The summed E-state index contributed by atoms with van der Waals surface area (Å²) in [7, 11) is 0. The molecule has 10 nitrogen and oxygen atoms in total. The van der Waals surface area contributed by atoms with Crippen molar-refractivity contribution in [3.05, 3.63) is 12.7 Å². The molecule has 10 heteroatoms. The van der Waals surface area contributed by atoms with E-state index in [0.717, 1.165) is 0 Å². The van der Waals surface area contributed by atoms with Gasteiger partial charge < -0.3 is 32.2 Å². The molecule has 3 rings (SSSR count). The zero-order valence-corrected chi connectivity index (χ0v) is 12.5. The molecule has 0 aliphatic carbocycles. The van der Waals surface area contributed by atoms with Crippen molar-refractivity contribution in [2.24, 2.45) is 11.5 Å². The maximum Gasteiger partial charge on any atom is 0.167 e. The topological polar surface area (TPSA) is 171 Å². The standard InChI is InChI=1S/C13H21N7O3/c14-2-1-6(15)3-7-9(21)10(22)13(23-7)20-5-19-8-11(16)17-4-18-12(8)20/h4-7,9-10,13,21-22H,1-3,14-15H2,(H2,16,17,18). The lowest BCUT2D eigenvalue weighted by Gasteiger charge is -2.18. The summed E-state index contributed by atoms with van der Waals surface area (Å²) in [4.78, 5) is 12.1. The molecule has 0 amide bonds. The molecule has 5 unspecified atom stereocenters. The monoisotopic (exact) mass is 323 g/mol. The first-order valence-electron chi connectivity index (χ1n) is 7.43. The number of imidazole rings is 1. The lowest BCUT2D eigenvalue weighted by Crippen LogP contribution is -2.36. The second kappa shape index (κ2) is 6.34. The van der Waals surface area contributed by atoms with E-state index < -0.39 is 24.5 Å². The number of aromatic nitrogens is 4. The zero-order valence-electron chi connectivity index (χ0n) is 12.5. The average molecular weight is 323 g/mol. The van der Waals surface area contributed by atoms with Gasteiger partial charge in [-0.3, -0.25) is 4.57 Å². The SMILES string of the molecule is NCCC(N)CC1OC(n2cnc3c(N)ncnc32)C(O)C1O. The van der Waals surface area contributed by atoms with Crippen molar-refractivity contribution in [3.63, 3.8) is 0 Å². The Morgan fingerprint density at radius 1 is 1.26 bits per heavy atom. The fourth-order valence-corrected chi connectivity index (χ4v) is 2.84. The van der Waals surface area contributed by atoms with Gasteiger partial charge in [0.1, 0.15) is 24.1 Å². The number of fused-ring (bicyclic) bond motifs is 1. The van der Waals surface area contributed by atoms with Crippen molar-refractivity contribution in [2.75, 3.05) is 12.3 Å². The third-order valence-corrected chi connectivity index (χ3v) is 4.07. The van der Waals surface area contributed by atoms with Crippen molar-refractivity contribution in [1.29, 1.82) is 0 Å². The molecular formula is C13H21N7O3. The second-order valence-corrected chi connectivity index (χ2v) is 5.70. The van der Waals surface area contributed by atoms with Crippen LogP contribution in [0, 0.1) is 0 Å². The summed E-state index contributed by atoms with van der Waals surface area (Å²) < 4.78 is 7.33. The second-order valence-electron chi connectivity index (χ2n) is 5.70. The number of anilines is 1. The van der Waals surface area contributed by atoms with Crippen molar-refractivity contribution < 1.29 is 14.9 Å². The largest absolute Gasteiger partial charge is 0.388 e. The lowest BCUT2D eigenvalue weighted by molar-refractivity contribution is -0.0386. The highest BCUT2D eigenvalue weighted by Gasteiger charge is 2.44. The third-order valence-electron chi connectivity index (χ3n) is 4.07. The maximum atomic E-state index is 10.3. The molecule has 0 spiro atoms. The molecule has 5 atom stereocenters. The number of nitrogens with two attached hydrogens (primary N) is 3. The molecule has 0 aromatic carbocycles. The van der Waals surface area contributed by atoms with Crippen LogP contribution in [-0.2, 0) is 4.74 Å². The van der Waals surface area contributed by atoms with E-state index >= 15 is 0 Å². The van der Waals surface area contributed by atoms with Gasteiger partial charge in [0.25, 0.3) is 0 Å². The summed E-state index contributed by atoms with van der Waals surface area (Å²) in [6.07, 6.45) is 0.188. The number of ether oxygens (including phenoxy) is 1. The molecule has 1 fully saturated rings. The first-order valence-corrected chi connectivity index (χ1v) is 7.43. The maximum absolute atomic E-state index is 10.3. The molecule has 1 aliphatic heterocycles. The highest BCUT2D eigenvalue weighted by Crippen LogP contribution is 2.33. The Hall–Kier alpha value is -1.85. The van der Waals surface area contributed by atoms with E-state index in [4.69, 9.17) is 21.9 Å². The third kappa shape index (κ3) is 2.86. The molecular weight excluding hydrogens is 302 g/mol. The van der Waals surface area contributed by atoms with Gasteiger partial charge in [0, 0.05) is 6.04 Å². The Morgan fingerprint density at radius 2 is 2.04 bits per heavy atom. The minimum atomic E-state index is -1.13. The summed E-state index contributed by atoms with van der Waals surface area (Å²) in [6.45, 7) is 0.457. The van der Waals surface area contributed by atoms with Gasteiger partial charge in [0.05, 0.1) is 12.4 Å². The van der Waals surface area contributed by atoms with Crippen LogP contribution in [0.3, 0.4) is 0 Å². The quantitative estimate of drug-likeness (QED) is 0.421. The fourth-order valence-electron chi connectivity index (χ4n) is 2.84. The van der Waals surface area contributed by atoms with Crippen LogP contribution in [0.15, 0.2) is 12.7 Å². The molecule has 2 aromatic rings. The van der Waals surface area contributed by atoms with Gasteiger partial charge in [-0.15, -0.1) is 0 Å². The van der Waals surface area contributed by atoms with Crippen LogP contribution < -0.4 is 17.2 Å². The number of hydrogen-bond acceptors (Lipinski definition) is 9. The van der Waals surface area contributed by atoms with Crippen molar-refractivity contribution in [2.45, 2.75) is 43.4 Å². The van der Waals surface area contributed by atoms with Gasteiger partial charge in [-0.1, -0.05) is 0 Å². The normalized spacial score (nSPS) is 29.2. The van der Waals surface area contributed by atoms with E-state index in [0.29, 0.717) is 30.6 Å². The Bertz CT molecular complexity index is 679. The Labute approximate surface area is 132 Å². The van der Waals surface area contributed by atoms with Gasteiger partial charge in [0.2, 0.25) is 0 Å². The summed E-state index contributed by atoms with van der Waals surface area (Å²) in [5.41, 5.74) is 18.0. The molecule has 8 N–H and O–H groups in total. The van der Waals surface area contributed by atoms with Crippen molar-refractivity contribution in [3.8, 4) is 0 Å². The molecule has 0 saturated carbocycles. The number of nitrogen functional groups attached to an aromatic ring is 1. The van der Waals surface area contributed by atoms with E-state index in [2.05, 4.69) is 15.0 Å². The highest BCUT2D eigenvalue weighted by atomic mass is 16.6. The van der Waals surface area contributed by atoms with Gasteiger partial charge in [0.15, 0.2) is 17.7 Å². The number of aliphatic hydroxyl groups is 2. The Kier molecular flexibility index (Phi) is 4.41. The predicted molar refractivity (Wildman–Crippen MR) is 81.9 cm³/mol. The number of rotatable bonds is 5. The van der Waals surface area contributed by atoms with Crippen LogP contribution >= 0.6 is 0 Å². The van der Waals surface area contributed by atoms with E-state index in [1.165, 1.54) is 17.2 Å². The average Bonchev–Trinajstić information content (AvgIpc) is 3.05. The van der Waals surface area contributed by atoms with Gasteiger partial charge in [-0.25, -0.2) is 15.0 Å². The summed E-state index contributed by atoms with van der Waals surface area (Å²) in [5.74, 6) is 0.239. The molecule has 126 valence electrons. The zero-order chi connectivity index (χ0) is 16.6. The minimum Gasteiger partial charge on any atom is -0.388 e. The van der Waals surface area contributed by atoms with Crippen LogP contribution in [-0.4, -0.2) is 60.6 Å². The molecule has 0 radical (unpaired) electrons. The van der Waals surface area contributed by atoms with Gasteiger partial charge >= 0.3 is 0 Å². The Morgan fingerprint density at radius 3 is 2.78 bits per heavy atom. The van der Waals surface area contributed by atoms with Crippen LogP contribution in [0.2, 0.25) is 0 Å². The Balaban J connectivity index is 1.84. The molecule has 1 aliphatic rings. The van der Waals surface area contributed by atoms with E-state index in [-0.39, 0.29) is 11.9 Å². The molecule has 3 heterocycles. The van der Waals surface area contributed by atoms with Crippen LogP contribution in [0.1, 0.15) is 19.1 Å².